The smallest absolute Gasteiger partial charge is 0.355 e. The number of morpholine rings is 1. The summed E-state index contributed by atoms with van der Waals surface area (Å²) in [6.07, 6.45) is 0.511. The van der Waals surface area contributed by atoms with Gasteiger partial charge in [-0.3, -0.25) is 4.79 Å². The Kier molecular flexibility index (Phi) is 6.12. The number of esters is 1. The second-order valence-corrected chi connectivity index (χ2v) is 8.10. The molecule has 1 fully saturated rings. The molecule has 10 heteroatoms. The van der Waals surface area contributed by atoms with E-state index in [0.717, 1.165) is 0 Å². The highest BCUT2D eigenvalue weighted by Gasteiger charge is 2.27. The molecule has 0 saturated carbocycles. The highest BCUT2D eigenvalue weighted by molar-refractivity contribution is 7.89. The van der Waals surface area contributed by atoms with Crippen LogP contribution in [0.1, 0.15) is 17.4 Å². The number of nitrogens with zero attached hydrogens (tertiary/aromatic N) is 1. The summed E-state index contributed by atoms with van der Waals surface area (Å²) in [4.78, 5) is 27.0. The number of hydrogen-bond donors (Lipinski definition) is 2. The largest absolute Gasteiger partial charge is 0.448 e. The summed E-state index contributed by atoms with van der Waals surface area (Å²) in [5.41, 5.74) is 0.528. The lowest BCUT2D eigenvalue weighted by atomic mass is 10.3. The quantitative estimate of drug-likeness (QED) is 0.695. The minimum Gasteiger partial charge on any atom is -0.448 e. The fourth-order valence-electron chi connectivity index (χ4n) is 2.65. The third kappa shape index (κ3) is 4.58. The van der Waals surface area contributed by atoms with E-state index in [-0.39, 0.29) is 23.7 Å². The fraction of sp³-hybridized carbons (Fsp3) is 0.333. The summed E-state index contributed by atoms with van der Waals surface area (Å²) in [5, 5.41) is 2.57. The third-order valence-corrected chi connectivity index (χ3v) is 6.07. The number of aromatic nitrogens is 1. The van der Waals surface area contributed by atoms with E-state index in [1.54, 1.807) is 24.4 Å². The molecule has 1 atom stereocenters. The Labute approximate surface area is 162 Å². The lowest BCUT2D eigenvalue weighted by molar-refractivity contribution is -0.123. The monoisotopic (exact) mass is 407 g/mol. The lowest BCUT2D eigenvalue weighted by Crippen LogP contribution is -2.40. The molecule has 1 aromatic carbocycles. The van der Waals surface area contributed by atoms with Crippen LogP contribution >= 0.6 is 0 Å². The summed E-state index contributed by atoms with van der Waals surface area (Å²) in [7, 11) is -3.68. The molecule has 1 aliphatic rings. The average Bonchev–Trinajstić information content (AvgIpc) is 3.24. The van der Waals surface area contributed by atoms with E-state index in [4.69, 9.17) is 9.47 Å². The highest BCUT2D eigenvalue weighted by Crippen LogP contribution is 2.21. The van der Waals surface area contributed by atoms with Crippen molar-refractivity contribution in [3.05, 3.63) is 48.3 Å². The summed E-state index contributed by atoms with van der Waals surface area (Å²) >= 11 is 0. The first-order valence-electron chi connectivity index (χ1n) is 8.71. The van der Waals surface area contributed by atoms with Crippen LogP contribution in [0.3, 0.4) is 0 Å². The maximum absolute atomic E-state index is 12.7. The number of rotatable bonds is 6. The molecular formula is C18H21N3O6S. The lowest BCUT2D eigenvalue weighted by Gasteiger charge is -2.26. The van der Waals surface area contributed by atoms with E-state index in [9.17, 15) is 18.0 Å². The fourth-order valence-corrected chi connectivity index (χ4v) is 4.10. The van der Waals surface area contributed by atoms with Gasteiger partial charge in [-0.2, -0.15) is 4.31 Å². The minimum atomic E-state index is -3.68. The molecule has 2 N–H and O–H groups in total. The van der Waals surface area contributed by atoms with Gasteiger partial charge in [0.15, 0.2) is 6.10 Å². The molecule has 2 heterocycles. The molecule has 2 aromatic rings. The summed E-state index contributed by atoms with van der Waals surface area (Å²) < 4.78 is 37.1. The predicted molar refractivity (Wildman–Crippen MR) is 100 cm³/mol. The van der Waals surface area contributed by atoms with Crippen LogP contribution in [0.4, 0.5) is 5.69 Å². The molecule has 0 bridgehead atoms. The van der Waals surface area contributed by atoms with Crippen molar-refractivity contribution in [1.29, 1.82) is 0 Å². The Morgan fingerprint density at radius 3 is 2.64 bits per heavy atom. The van der Waals surface area contributed by atoms with Crippen molar-refractivity contribution < 1.29 is 27.5 Å². The first kappa shape index (κ1) is 20.1. The first-order valence-corrected chi connectivity index (χ1v) is 10.1. The van der Waals surface area contributed by atoms with Crippen molar-refractivity contribution in [2.75, 3.05) is 31.6 Å². The third-order valence-electron chi connectivity index (χ3n) is 4.18. The van der Waals surface area contributed by atoms with Gasteiger partial charge in [-0.15, -0.1) is 0 Å². The van der Waals surface area contributed by atoms with Crippen LogP contribution in [-0.2, 0) is 24.3 Å². The predicted octanol–water partition coefficient (Wildman–Crippen LogP) is 1.22. The van der Waals surface area contributed by atoms with Crippen molar-refractivity contribution >= 4 is 27.6 Å². The normalized spacial score (nSPS) is 16.3. The zero-order valence-corrected chi connectivity index (χ0v) is 16.1. The SMILES string of the molecule is C[C@@H](OC(=O)c1ccc[nH]1)C(=O)Nc1cccc(S(=O)(=O)N2CCOCC2)c1. The van der Waals surface area contributed by atoms with Gasteiger partial charge in [0.25, 0.3) is 5.91 Å². The number of amides is 1. The Balaban J connectivity index is 1.66. The number of ether oxygens (including phenoxy) is 2. The number of hydrogen-bond acceptors (Lipinski definition) is 6. The molecule has 1 amide bonds. The van der Waals surface area contributed by atoms with E-state index < -0.39 is 28.0 Å². The van der Waals surface area contributed by atoms with Crippen molar-refractivity contribution in [1.82, 2.24) is 9.29 Å². The van der Waals surface area contributed by atoms with E-state index in [1.807, 2.05) is 0 Å². The Morgan fingerprint density at radius 2 is 1.96 bits per heavy atom. The number of benzene rings is 1. The molecule has 150 valence electrons. The minimum absolute atomic E-state index is 0.0724. The molecule has 28 heavy (non-hydrogen) atoms. The Morgan fingerprint density at radius 1 is 1.21 bits per heavy atom. The Hall–Kier alpha value is -2.69. The maximum Gasteiger partial charge on any atom is 0.355 e. The van der Waals surface area contributed by atoms with Gasteiger partial charge in [-0.25, -0.2) is 13.2 Å². The molecule has 1 aromatic heterocycles. The number of carbonyl (C=O) groups is 2. The molecule has 0 unspecified atom stereocenters. The van der Waals surface area contributed by atoms with E-state index in [0.29, 0.717) is 18.9 Å². The van der Waals surface area contributed by atoms with Crippen LogP contribution < -0.4 is 5.32 Å². The van der Waals surface area contributed by atoms with Gasteiger partial charge < -0.3 is 19.8 Å². The Bertz CT molecular complexity index is 936. The number of anilines is 1. The molecule has 1 aliphatic heterocycles. The topological polar surface area (TPSA) is 118 Å². The van der Waals surface area contributed by atoms with Crippen LogP contribution in [0.2, 0.25) is 0 Å². The number of sulfonamides is 1. The van der Waals surface area contributed by atoms with E-state index in [2.05, 4.69) is 10.3 Å². The van der Waals surface area contributed by atoms with Gasteiger partial charge >= 0.3 is 5.97 Å². The van der Waals surface area contributed by atoms with Gasteiger partial charge in [0.05, 0.1) is 18.1 Å². The van der Waals surface area contributed by atoms with Crippen LogP contribution in [0.25, 0.3) is 0 Å². The van der Waals surface area contributed by atoms with Gasteiger partial charge in [0.1, 0.15) is 5.69 Å². The molecule has 0 spiro atoms. The molecule has 0 radical (unpaired) electrons. The number of H-pyrrole nitrogens is 1. The van der Waals surface area contributed by atoms with Crippen LogP contribution in [-0.4, -0.2) is 62.0 Å². The zero-order chi connectivity index (χ0) is 20.1. The maximum atomic E-state index is 12.7. The van der Waals surface area contributed by atoms with Crippen molar-refractivity contribution in [3.63, 3.8) is 0 Å². The zero-order valence-electron chi connectivity index (χ0n) is 15.3. The molecule has 9 nitrogen and oxygen atoms in total. The summed E-state index contributed by atoms with van der Waals surface area (Å²) in [5.74, 6) is -1.22. The summed E-state index contributed by atoms with van der Waals surface area (Å²) in [6.45, 7) is 2.69. The first-order chi connectivity index (χ1) is 13.4. The molecule has 0 aliphatic carbocycles. The summed E-state index contributed by atoms with van der Waals surface area (Å²) in [6, 6.07) is 9.13. The van der Waals surface area contributed by atoms with Crippen molar-refractivity contribution in [2.24, 2.45) is 0 Å². The van der Waals surface area contributed by atoms with Crippen LogP contribution in [0.15, 0.2) is 47.5 Å². The van der Waals surface area contributed by atoms with Gasteiger partial charge in [-0.05, 0) is 37.3 Å². The van der Waals surface area contributed by atoms with Crippen molar-refractivity contribution in [3.8, 4) is 0 Å². The number of carbonyl (C=O) groups excluding carboxylic acids is 2. The van der Waals surface area contributed by atoms with Crippen LogP contribution in [0.5, 0.6) is 0 Å². The average molecular weight is 407 g/mol. The molecule has 3 rings (SSSR count). The van der Waals surface area contributed by atoms with Crippen LogP contribution in [0, 0.1) is 0 Å². The van der Waals surface area contributed by atoms with Gasteiger partial charge in [0, 0.05) is 25.0 Å². The molecular weight excluding hydrogens is 386 g/mol. The number of nitrogens with one attached hydrogen (secondary N) is 2. The van der Waals surface area contributed by atoms with Gasteiger partial charge in [-0.1, -0.05) is 6.07 Å². The van der Waals surface area contributed by atoms with E-state index in [1.165, 1.54) is 29.4 Å². The second kappa shape index (κ2) is 8.55. The number of aromatic amines is 1. The highest BCUT2D eigenvalue weighted by atomic mass is 32.2. The molecule has 1 saturated heterocycles. The van der Waals surface area contributed by atoms with E-state index >= 15 is 0 Å². The second-order valence-electron chi connectivity index (χ2n) is 6.16. The van der Waals surface area contributed by atoms with Gasteiger partial charge in [0.2, 0.25) is 10.0 Å². The van der Waals surface area contributed by atoms with Crippen molar-refractivity contribution in [2.45, 2.75) is 17.9 Å². The standard InChI is InChI=1S/C18H21N3O6S/c1-13(27-18(23)16-6-3-7-19-16)17(22)20-14-4-2-5-15(12-14)28(24,25)21-8-10-26-11-9-21/h2-7,12-13,19H,8-11H2,1H3,(H,20,22)/t13-/m1/s1.